The Balaban J connectivity index is 1.62. The van der Waals surface area contributed by atoms with Gasteiger partial charge in [0.15, 0.2) is 10.1 Å². The van der Waals surface area contributed by atoms with Crippen molar-refractivity contribution >= 4 is 39.7 Å². The van der Waals surface area contributed by atoms with Gasteiger partial charge in [0.25, 0.3) is 0 Å². The summed E-state index contributed by atoms with van der Waals surface area (Å²) in [5, 5.41) is 12.2. The largest absolute Gasteiger partial charge is 0.345 e. The minimum atomic E-state index is 0.103. The van der Waals surface area contributed by atoms with Crippen LogP contribution in [0, 0.1) is 13.8 Å². The third-order valence-electron chi connectivity index (χ3n) is 3.94. The van der Waals surface area contributed by atoms with Crippen LogP contribution >= 0.6 is 23.1 Å². The third-order valence-corrected chi connectivity index (χ3v) is 5.92. The molecule has 134 valence electrons. The zero-order valence-electron chi connectivity index (χ0n) is 14.7. The van der Waals surface area contributed by atoms with Crippen molar-refractivity contribution in [2.45, 2.75) is 24.7 Å². The monoisotopic (exact) mass is 384 g/mol. The number of anilines is 2. The summed E-state index contributed by atoms with van der Waals surface area (Å²) in [7, 11) is 0. The Labute approximate surface area is 161 Å². The normalized spacial score (nSPS) is 10.7. The Morgan fingerprint density at radius 3 is 2.81 bits per heavy atom. The molecule has 0 radical (unpaired) electrons. The molecule has 2 aromatic heterocycles. The molecule has 2 heterocycles. The Morgan fingerprint density at radius 2 is 2.08 bits per heavy atom. The first-order chi connectivity index (χ1) is 12.6. The van der Waals surface area contributed by atoms with E-state index in [0.29, 0.717) is 12.3 Å². The molecule has 0 aliphatic carbocycles. The van der Waals surface area contributed by atoms with Gasteiger partial charge in [-0.3, -0.25) is 4.79 Å². The SMILES string of the molecule is C=CCn1c(C)cc(C(=O)CSc2nnc(Nc3ccccc3)s2)c1C. The molecule has 0 saturated carbocycles. The summed E-state index contributed by atoms with van der Waals surface area (Å²) in [5.74, 6) is 0.449. The van der Waals surface area contributed by atoms with E-state index in [2.05, 4.69) is 26.7 Å². The molecule has 0 saturated heterocycles. The quantitative estimate of drug-likeness (QED) is 0.341. The van der Waals surface area contributed by atoms with Gasteiger partial charge in [0.2, 0.25) is 5.13 Å². The molecule has 26 heavy (non-hydrogen) atoms. The summed E-state index contributed by atoms with van der Waals surface area (Å²) in [5.41, 5.74) is 3.78. The molecule has 1 N–H and O–H groups in total. The molecular weight excluding hydrogens is 364 g/mol. The zero-order valence-corrected chi connectivity index (χ0v) is 16.4. The number of carbonyl (C=O) groups is 1. The number of Topliss-reactive ketones (excluding diaryl/α,β-unsaturated/α-hetero) is 1. The van der Waals surface area contributed by atoms with E-state index in [4.69, 9.17) is 0 Å². The predicted molar refractivity (Wildman–Crippen MR) is 109 cm³/mol. The molecule has 0 aliphatic rings. The number of ketones is 1. The lowest BCUT2D eigenvalue weighted by atomic mass is 10.2. The summed E-state index contributed by atoms with van der Waals surface area (Å²) in [6.07, 6.45) is 1.84. The van der Waals surface area contributed by atoms with Crippen molar-refractivity contribution in [2.75, 3.05) is 11.1 Å². The first kappa shape index (κ1) is 18.4. The fourth-order valence-electron chi connectivity index (χ4n) is 2.66. The first-order valence-electron chi connectivity index (χ1n) is 8.17. The molecule has 0 aliphatic heterocycles. The lowest BCUT2D eigenvalue weighted by Gasteiger charge is -2.05. The number of thioether (sulfide) groups is 1. The molecule has 5 nitrogen and oxygen atoms in total. The zero-order chi connectivity index (χ0) is 18.5. The van der Waals surface area contributed by atoms with Crippen LogP contribution in [0.1, 0.15) is 21.7 Å². The van der Waals surface area contributed by atoms with Gasteiger partial charge in [-0.2, -0.15) is 0 Å². The Kier molecular flexibility index (Phi) is 5.90. The second kappa shape index (κ2) is 8.33. The molecule has 1 aromatic carbocycles. The average molecular weight is 385 g/mol. The Morgan fingerprint density at radius 1 is 1.31 bits per heavy atom. The van der Waals surface area contributed by atoms with Crippen molar-refractivity contribution in [2.24, 2.45) is 0 Å². The van der Waals surface area contributed by atoms with Gasteiger partial charge in [0.05, 0.1) is 5.75 Å². The third kappa shape index (κ3) is 4.23. The van der Waals surface area contributed by atoms with Crippen molar-refractivity contribution in [3.05, 3.63) is 66.0 Å². The van der Waals surface area contributed by atoms with E-state index in [-0.39, 0.29) is 5.78 Å². The highest BCUT2D eigenvalue weighted by Crippen LogP contribution is 2.28. The molecule has 0 fully saturated rings. The van der Waals surface area contributed by atoms with Crippen LogP contribution in [0.3, 0.4) is 0 Å². The van der Waals surface area contributed by atoms with Gasteiger partial charge < -0.3 is 9.88 Å². The molecule has 7 heteroatoms. The van der Waals surface area contributed by atoms with Gasteiger partial charge in [-0.15, -0.1) is 16.8 Å². The van der Waals surface area contributed by atoms with Crippen molar-refractivity contribution in [3.63, 3.8) is 0 Å². The van der Waals surface area contributed by atoms with Crippen LogP contribution in [-0.2, 0) is 6.54 Å². The van der Waals surface area contributed by atoms with Crippen LogP contribution in [0.5, 0.6) is 0 Å². The highest BCUT2D eigenvalue weighted by molar-refractivity contribution is 8.01. The molecule has 0 unspecified atom stereocenters. The molecule has 0 amide bonds. The Hall–Kier alpha value is -2.38. The van der Waals surface area contributed by atoms with Gasteiger partial charge in [-0.05, 0) is 32.0 Å². The van der Waals surface area contributed by atoms with Crippen molar-refractivity contribution in [3.8, 4) is 0 Å². The number of nitrogens with one attached hydrogen (secondary N) is 1. The molecular formula is C19H20N4OS2. The van der Waals surface area contributed by atoms with E-state index in [1.54, 1.807) is 0 Å². The number of aryl methyl sites for hydroxylation is 1. The summed E-state index contributed by atoms with van der Waals surface area (Å²) >= 11 is 2.86. The number of para-hydroxylation sites is 1. The molecule has 0 spiro atoms. The van der Waals surface area contributed by atoms with E-state index >= 15 is 0 Å². The van der Waals surface area contributed by atoms with Crippen molar-refractivity contribution in [1.29, 1.82) is 0 Å². The number of benzene rings is 1. The summed E-state index contributed by atoms with van der Waals surface area (Å²) < 4.78 is 2.87. The van der Waals surface area contributed by atoms with Crippen LogP contribution in [0.2, 0.25) is 0 Å². The van der Waals surface area contributed by atoms with Gasteiger partial charge in [-0.25, -0.2) is 0 Å². The van der Waals surface area contributed by atoms with Crippen LogP contribution in [0.4, 0.5) is 10.8 Å². The lowest BCUT2D eigenvalue weighted by Crippen LogP contribution is -2.06. The van der Waals surface area contributed by atoms with Gasteiger partial charge in [-0.1, -0.05) is 47.4 Å². The number of hydrogen-bond acceptors (Lipinski definition) is 6. The minimum absolute atomic E-state index is 0.103. The topological polar surface area (TPSA) is 59.8 Å². The fourth-order valence-corrected chi connectivity index (χ4v) is 4.32. The maximum Gasteiger partial charge on any atom is 0.210 e. The number of allylic oxidation sites excluding steroid dienone is 1. The van der Waals surface area contributed by atoms with E-state index in [9.17, 15) is 4.79 Å². The van der Waals surface area contributed by atoms with E-state index in [1.807, 2.05) is 56.3 Å². The predicted octanol–water partition coefficient (Wildman–Crippen LogP) is 4.86. The molecule has 0 atom stereocenters. The maximum absolute atomic E-state index is 12.6. The standard InChI is InChI=1S/C19H20N4OS2/c1-4-10-23-13(2)11-16(14(23)3)17(24)12-25-19-22-21-18(26-19)20-15-8-6-5-7-9-15/h4-9,11H,1,10,12H2,2-3H3,(H,20,21). The summed E-state index contributed by atoms with van der Waals surface area (Å²) in [4.78, 5) is 12.6. The number of nitrogens with zero attached hydrogens (tertiary/aromatic N) is 3. The first-order valence-corrected chi connectivity index (χ1v) is 9.98. The molecule has 0 bridgehead atoms. The number of aromatic nitrogens is 3. The lowest BCUT2D eigenvalue weighted by molar-refractivity contribution is 0.102. The fraction of sp³-hybridized carbons (Fsp3) is 0.211. The van der Waals surface area contributed by atoms with Gasteiger partial charge >= 0.3 is 0 Å². The maximum atomic E-state index is 12.6. The molecule has 3 aromatic rings. The van der Waals surface area contributed by atoms with E-state index in [1.165, 1.54) is 23.1 Å². The van der Waals surface area contributed by atoms with Crippen LogP contribution < -0.4 is 5.32 Å². The van der Waals surface area contributed by atoms with Gasteiger partial charge in [0, 0.05) is 29.2 Å². The second-order valence-corrected chi connectivity index (χ2v) is 7.96. The van der Waals surface area contributed by atoms with Crippen LogP contribution in [-0.4, -0.2) is 26.3 Å². The Bertz CT molecular complexity index is 915. The van der Waals surface area contributed by atoms with E-state index in [0.717, 1.165) is 32.1 Å². The van der Waals surface area contributed by atoms with Crippen molar-refractivity contribution < 1.29 is 4.79 Å². The summed E-state index contributed by atoms with van der Waals surface area (Å²) in [6.45, 7) is 8.46. The highest BCUT2D eigenvalue weighted by Gasteiger charge is 2.16. The van der Waals surface area contributed by atoms with Crippen LogP contribution in [0.25, 0.3) is 0 Å². The van der Waals surface area contributed by atoms with Crippen LogP contribution in [0.15, 0.2) is 53.4 Å². The second-order valence-electron chi connectivity index (χ2n) is 5.76. The number of rotatable bonds is 8. The summed E-state index contributed by atoms with van der Waals surface area (Å²) in [6, 6.07) is 11.8. The molecule has 3 rings (SSSR count). The number of hydrogen-bond donors (Lipinski definition) is 1. The number of carbonyl (C=O) groups excluding carboxylic acids is 1. The van der Waals surface area contributed by atoms with E-state index < -0.39 is 0 Å². The van der Waals surface area contributed by atoms with Gasteiger partial charge in [0.1, 0.15) is 0 Å². The smallest absolute Gasteiger partial charge is 0.210 e. The average Bonchev–Trinajstić information content (AvgIpc) is 3.20. The highest BCUT2D eigenvalue weighted by atomic mass is 32.2. The van der Waals surface area contributed by atoms with Crippen molar-refractivity contribution in [1.82, 2.24) is 14.8 Å². The minimum Gasteiger partial charge on any atom is -0.345 e.